The van der Waals surface area contributed by atoms with E-state index in [4.69, 9.17) is 4.52 Å². The van der Waals surface area contributed by atoms with Crippen LogP contribution in [0.4, 0.5) is 15.8 Å². The van der Waals surface area contributed by atoms with E-state index in [0.29, 0.717) is 11.4 Å². The van der Waals surface area contributed by atoms with Crippen molar-refractivity contribution < 1.29 is 8.91 Å². The number of benzene rings is 2. The Labute approximate surface area is 128 Å². The van der Waals surface area contributed by atoms with Crippen molar-refractivity contribution in [1.29, 1.82) is 0 Å². The van der Waals surface area contributed by atoms with E-state index >= 15 is 0 Å². The molecule has 0 saturated heterocycles. The number of hydrogen-bond acceptors (Lipinski definition) is 3. The van der Waals surface area contributed by atoms with Gasteiger partial charge in [0, 0.05) is 20.9 Å². The first-order valence-corrected chi connectivity index (χ1v) is 7.04. The van der Waals surface area contributed by atoms with Crippen LogP contribution in [0.1, 0.15) is 0 Å². The van der Waals surface area contributed by atoms with Crippen molar-refractivity contribution in [2.75, 3.05) is 5.32 Å². The molecule has 0 aliphatic rings. The number of nitrogens with zero attached hydrogens (tertiary/aromatic N) is 1. The van der Waals surface area contributed by atoms with Crippen LogP contribution in [0.5, 0.6) is 0 Å². The Bertz CT molecular complexity index is 728. The third kappa shape index (κ3) is 2.67. The van der Waals surface area contributed by atoms with Crippen LogP contribution in [0, 0.1) is 9.39 Å². The van der Waals surface area contributed by atoms with Crippen molar-refractivity contribution in [3.63, 3.8) is 0 Å². The van der Waals surface area contributed by atoms with Gasteiger partial charge in [-0.2, -0.15) is 0 Å². The molecule has 1 N–H and O–H groups in total. The second-order valence-corrected chi connectivity index (χ2v) is 5.42. The third-order valence-electron chi connectivity index (χ3n) is 2.83. The van der Waals surface area contributed by atoms with Crippen molar-refractivity contribution in [3.8, 4) is 11.3 Å². The second-order valence-electron chi connectivity index (χ2n) is 4.17. The van der Waals surface area contributed by atoms with E-state index in [9.17, 15) is 4.39 Å². The molecule has 3 aromatic rings. The molecule has 0 fully saturated rings. The van der Waals surface area contributed by atoms with Gasteiger partial charge in [-0.25, -0.2) is 4.39 Å². The van der Waals surface area contributed by atoms with Gasteiger partial charge in [0.1, 0.15) is 5.82 Å². The monoisotopic (exact) mass is 380 g/mol. The average molecular weight is 380 g/mol. The lowest BCUT2D eigenvalue weighted by atomic mass is 10.1. The van der Waals surface area contributed by atoms with E-state index in [1.54, 1.807) is 18.3 Å². The zero-order valence-electron chi connectivity index (χ0n) is 10.3. The number of aromatic nitrogens is 1. The highest BCUT2D eigenvalue weighted by atomic mass is 127. The minimum atomic E-state index is -0.288. The molecule has 0 radical (unpaired) electrons. The van der Waals surface area contributed by atoms with Crippen molar-refractivity contribution in [2.24, 2.45) is 0 Å². The van der Waals surface area contributed by atoms with Gasteiger partial charge in [-0.15, -0.1) is 0 Å². The van der Waals surface area contributed by atoms with Crippen LogP contribution in [0.25, 0.3) is 11.3 Å². The molecule has 3 nitrogen and oxygen atoms in total. The van der Waals surface area contributed by atoms with Gasteiger partial charge in [-0.3, -0.25) is 0 Å². The quantitative estimate of drug-likeness (QED) is 0.662. The fraction of sp³-hybridized carbons (Fsp3) is 0. The maximum absolute atomic E-state index is 13.9. The molecule has 100 valence electrons. The lowest BCUT2D eigenvalue weighted by molar-refractivity contribution is 0.432. The van der Waals surface area contributed by atoms with Crippen molar-refractivity contribution in [2.45, 2.75) is 0 Å². The van der Waals surface area contributed by atoms with E-state index < -0.39 is 0 Å². The van der Waals surface area contributed by atoms with Gasteiger partial charge >= 0.3 is 0 Å². The van der Waals surface area contributed by atoms with Crippen molar-refractivity contribution in [1.82, 2.24) is 5.16 Å². The molecule has 0 bridgehead atoms. The first-order valence-electron chi connectivity index (χ1n) is 5.96. The average Bonchev–Trinajstić information content (AvgIpc) is 2.96. The SMILES string of the molecule is Fc1cc(I)ccc1Nc1ccccc1-c1ccno1. The van der Waals surface area contributed by atoms with Crippen LogP contribution in [0.3, 0.4) is 0 Å². The van der Waals surface area contributed by atoms with Crippen molar-refractivity contribution in [3.05, 3.63) is 64.1 Å². The molecule has 0 unspecified atom stereocenters. The Balaban J connectivity index is 1.99. The summed E-state index contributed by atoms with van der Waals surface area (Å²) in [5, 5.41) is 6.79. The van der Waals surface area contributed by atoms with Crippen LogP contribution in [-0.4, -0.2) is 5.16 Å². The van der Waals surface area contributed by atoms with E-state index in [1.807, 2.05) is 30.3 Å². The van der Waals surface area contributed by atoms with Crippen LogP contribution >= 0.6 is 22.6 Å². The highest BCUT2D eigenvalue weighted by Crippen LogP contribution is 2.31. The first kappa shape index (κ1) is 13.1. The Hall–Kier alpha value is -1.89. The first-order chi connectivity index (χ1) is 9.74. The van der Waals surface area contributed by atoms with Gasteiger partial charge in [-0.1, -0.05) is 17.3 Å². The minimum absolute atomic E-state index is 0.288. The fourth-order valence-electron chi connectivity index (χ4n) is 1.90. The molecule has 0 atom stereocenters. The van der Waals surface area contributed by atoms with Gasteiger partial charge in [0.15, 0.2) is 5.76 Å². The largest absolute Gasteiger partial charge is 0.356 e. The molecule has 0 saturated carbocycles. The number of nitrogens with one attached hydrogen (secondary N) is 1. The molecule has 20 heavy (non-hydrogen) atoms. The Morgan fingerprint density at radius 2 is 1.90 bits per heavy atom. The fourth-order valence-corrected chi connectivity index (χ4v) is 2.35. The molecule has 0 amide bonds. The standard InChI is InChI=1S/C15H10FIN2O/c16-12-9-10(17)5-6-14(12)19-13-4-2-1-3-11(13)15-7-8-18-20-15/h1-9,19H. The predicted molar refractivity (Wildman–Crippen MR) is 84.3 cm³/mol. The summed E-state index contributed by atoms with van der Waals surface area (Å²) in [5.41, 5.74) is 2.03. The van der Waals surface area contributed by atoms with Gasteiger partial charge < -0.3 is 9.84 Å². The maximum atomic E-state index is 13.9. The van der Waals surface area contributed by atoms with E-state index in [0.717, 1.165) is 14.8 Å². The van der Waals surface area contributed by atoms with Gasteiger partial charge in [0.05, 0.1) is 11.9 Å². The highest BCUT2D eigenvalue weighted by Gasteiger charge is 2.10. The highest BCUT2D eigenvalue weighted by molar-refractivity contribution is 14.1. The summed E-state index contributed by atoms with van der Waals surface area (Å²) in [7, 11) is 0. The third-order valence-corrected chi connectivity index (χ3v) is 3.50. The van der Waals surface area contributed by atoms with Crippen molar-refractivity contribution >= 4 is 34.0 Å². The van der Waals surface area contributed by atoms with E-state index in [-0.39, 0.29) is 5.82 Å². The Morgan fingerprint density at radius 3 is 2.65 bits per heavy atom. The summed E-state index contributed by atoms with van der Waals surface area (Å²) in [6.07, 6.45) is 1.58. The molecule has 5 heteroatoms. The topological polar surface area (TPSA) is 38.1 Å². The molecule has 2 aromatic carbocycles. The second kappa shape index (κ2) is 5.62. The Kier molecular flexibility index (Phi) is 3.68. The summed E-state index contributed by atoms with van der Waals surface area (Å²) < 4.78 is 19.9. The van der Waals surface area contributed by atoms with E-state index in [2.05, 4.69) is 33.1 Å². The summed E-state index contributed by atoms with van der Waals surface area (Å²) >= 11 is 2.08. The number of halogens is 2. The van der Waals surface area contributed by atoms with Crippen LogP contribution in [-0.2, 0) is 0 Å². The maximum Gasteiger partial charge on any atom is 0.168 e. The van der Waals surface area contributed by atoms with Gasteiger partial charge in [-0.05, 0) is 52.9 Å². The minimum Gasteiger partial charge on any atom is -0.356 e. The molecule has 0 aliphatic carbocycles. The molecular formula is C15H10FIN2O. The van der Waals surface area contributed by atoms with Gasteiger partial charge in [0.2, 0.25) is 0 Å². The molecule has 0 spiro atoms. The lowest BCUT2D eigenvalue weighted by Gasteiger charge is -2.11. The Morgan fingerprint density at radius 1 is 1.05 bits per heavy atom. The molecule has 0 aliphatic heterocycles. The van der Waals surface area contributed by atoms with Crippen LogP contribution in [0.15, 0.2) is 59.3 Å². The normalized spacial score (nSPS) is 10.5. The number of para-hydroxylation sites is 1. The lowest BCUT2D eigenvalue weighted by Crippen LogP contribution is -1.96. The smallest absolute Gasteiger partial charge is 0.168 e. The summed E-state index contributed by atoms with van der Waals surface area (Å²) in [6, 6.07) is 14.4. The zero-order valence-corrected chi connectivity index (χ0v) is 12.5. The van der Waals surface area contributed by atoms with Gasteiger partial charge in [0.25, 0.3) is 0 Å². The number of anilines is 2. The molecule has 1 aromatic heterocycles. The molecule has 3 rings (SSSR count). The summed E-state index contributed by atoms with van der Waals surface area (Å²) in [6.45, 7) is 0. The molecular weight excluding hydrogens is 370 g/mol. The van der Waals surface area contributed by atoms with Crippen LogP contribution < -0.4 is 5.32 Å². The summed E-state index contributed by atoms with van der Waals surface area (Å²) in [5.74, 6) is 0.350. The number of rotatable bonds is 3. The zero-order chi connectivity index (χ0) is 13.9. The summed E-state index contributed by atoms with van der Waals surface area (Å²) in [4.78, 5) is 0. The predicted octanol–water partition coefficient (Wildman–Crippen LogP) is 4.83. The number of hydrogen-bond donors (Lipinski definition) is 1. The van der Waals surface area contributed by atoms with Crippen LogP contribution in [0.2, 0.25) is 0 Å². The molecule has 1 heterocycles. The van der Waals surface area contributed by atoms with E-state index in [1.165, 1.54) is 6.07 Å².